The zero-order chi connectivity index (χ0) is 38.3. The third-order valence-corrected chi connectivity index (χ3v) is 8.70. The van der Waals surface area contributed by atoms with Crippen molar-refractivity contribution in [1.29, 1.82) is 5.26 Å². The second-order valence-electron chi connectivity index (χ2n) is 15.4. The minimum atomic E-state index is -1.01. The number of halogens is 1. The standard InChI is InChI=1S/C37H44ClN7O7/c1-35(2,3)51-33(48)44-17-27(28(46)18-44)41-31(47)22-14-29(50-9)26(15-24(22)38)43-32-40-11-10-25(42-32)20-12-21(16-39)30-23(13-20)37(7,8)19-45(30)34(49)52-36(4,5)6/h10-15,27-28,46H,17-19H2,1-9H3,(H,41,47)(H,40,42,43). The van der Waals surface area contributed by atoms with Gasteiger partial charge < -0.3 is 34.9 Å². The zero-order valence-corrected chi connectivity index (χ0v) is 31.5. The van der Waals surface area contributed by atoms with Crippen LogP contribution in [-0.4, -0.2) is 88.2 Å². The monoisotopic (exact) mass is 733 g/mol. The number of rotatable bonds is 6. The van der Waals surface area contributed by atoms with Gasteiger partial charge in [-0.3, -0.25) is 9.69 Å². The van der Waals surface area contributed by atoms with Crippen LogP contribution in [0.2, 0.25) is 5.02 Å². The molecule has 3 N–H and O–H groups in total. The molecule has 1 fully saturated rings. The molecule has 2 aliphatic rings. The van der Waals surface area contributed by atoms with Crippen molar-refractivity contribution in [2.45, 2.75) is 84.2 Å². The third kappa shape index (κ3) is 8.32. The first-order valence-corrected chi connectivity index (χ1v) is 17.1. The Balaban J connectivity index is 1.37. The molecule has 1 saturated heterocycles. The van der Waals surface area contributed by atoms with Crippen molar-refractivity contribution in [3.8, 4) is 23.1 Å². The summed E-state index contributed by atoms with van der Waals surface area (Å²) in [6.07, 6.45) is -0.549. The predicted octanol–water partition coefficient (Wildman–Crippen LogP) is 6.16. The Hall–Kier alpha value is -5.13. The molecule has 0 spiro atoms. The van der Waals surface area contributed by atoms with Crippen LogP contribution in [0.25, 0.3) is 11.3 Å². The van der Waals surface area contributed by atoms with E-state index in [2.05, 4.69) is 26.7 Å². The summed E-state index contributed by atoms with van der Waals surface area (Å²) in [6, 6.07) is 9.76. The van der Waals surface area contributed by atoms with Crippen LogP contribution >= 0.6 is 11.6 Å². The van der Waals surface area contributed by atoms with Crippen LogP contribution in [0.5, 0.6) is 5.75 Å². The lowest BCUT2D eigenvalue weighted by Crippen LogP contribution is -2.43. The van der Waals surface area contributed by atoms with Gasteiger partial charge in [-0.15, -0.1) is 0 Å². The molecule has 3 amide bonds. The van der Waals surface area contributed by atoms with Gasteiger partial charge in [0.25, 0.3) is 5.91 Å². The number of β-amino-alcohol motifs (C(OH)–C–C–N with tert-alkyl or cyclic N) is 1. The highest BCUT2D eigenvalue weighted by Gasteiger charge is 2.42. The average Bonchev–Trinajstić information content (AvgIpc) is 3.54. The molecule has 52 heavy (non-hydrogen) atoms. The number of aliphatic hydroxyl groups excluding tert-OH is 1. The Morgan fingerprint density at radius 2 is 1.71 bits per heavy atom. The van der Waals surface area contributed by atoms with Crippen molar-refractivity contribution in [2.24, 2.45) is 0 Å². The predicted molar refractivity (Wildman–Crippen MR) is 195 cm³/mol. The van der Waals surface area contributed by atoms with Gasteiger partial charge in [-0.1, -0.05) is 25.4 Å². The molecule has 0 bridgehead atoms. The number of benzene rings is 2. The number of aromatic nitrogens is 2. The van der Waals surface area contributed by atoms with Crippen molar-refractivity contribution in [1.82, 2.24) is 20.2 Å². The number of nitrogens with one attached hydrogen (secondary N) is 2. The number of hydrogen-bond donors (Lipinski definition) is 3. The molecule has 1 aromatic heterocycles. The number of aliphatic hydroxyl groups is 1. The maximum atomic E-state index is 13.3. The van der Waals surface area contributed by atoms with Crippen LogP contribution in [-0.2, 0) is 14.9 Å². The molecule has 3 aromatic rings. The van der Waals surface area contributed by atoms with E-state index < -0.39 is 46.9 Å². The molecule has 0 aliphatic carbocycles. The molecular weight excluding hydrogens is 690 g/mol. The van der Waals surface area contributed by atoms with E-state index in [1.165, 1.54) is 29.0 Å². The molecule has 15 heteroatoms. The van der Waals surface area contributed by atoms with Crippen LogP contribution in [0, 0.1) is 11.3 Å². The first kappa shape index (κ1) is 38.1. The smallest absolute Gasteiger partial charge is 0.414 e. The van der Waals surface area contributed by atoms with Gasteiger partial charge in [-0.05, 0) is 77.4 Å². The topological polar surface area (TPSA) is 179 Å². The molecule has 2 unspecified atom stereocenters. The molecule has 5 rings (SSSR count). The average molecular weight is 734 g/mol. The van der Waals surface area contributed by atoms with Gasteiger partial charge >= 0.3 is 12.2 Å². The maximum absolute atomic E-state index is 13.3. The number of methoxy groups -OCH3 is 1. The normalized spacial score (nSPS) is 18.0. The van der Waals surface area contributed by atoms with Crippen molar-refractivity contribution < 1.29 is 33.7 Å². The lowest BCUT2D eigenvalue weighted by Gasteiger charge is -2.26. The van der Waals surface area contributed by atoms with Gasteiger partial charge in [0.15, 0.2) is 0 Å². The highest BCUT2D eigenvalue weighted by molar-refractivity contribution is 6.34. The van der Waals surface area contributed by atoms with Gasteiger partial charge in [0, 0.05) is 30.3 Å². The molecule has 3 heterocycles. The minimum Gasteiger partial charge on any atom is -0.495 e. The fourth-order valence-electron chi connectivity index (χ4n) is 6.05. The number of likely N-dealkylation sites (tertiary alicyclic amines) is 1. The second-order valence-corrected chi connectivity index (χ2v) is 15.8. The molecule has 2 atom stereocenters. The molecule has 14 nitrogen and oxygen atoms in total. The number of ether oxygens (including phenoxy) is 3. The van der Waals surface area contributed by atoms with Gasteiger partial charge in [0.2, 0.25) is 5.95 Å². The molecule has 2 aliphatic heterocycles. The highest BCUT2D eigenvalue weighted by Crippen LogP contribution is 2.45. The molecule has 0 saturated carbocycles. The van der Waals surface area contributed by atoms with Crippen LogP contribution in [0.15, 0.2) is 36.5 Å². The van der Waals surface area contributed by atoms with Gasteiger partial charge in [-0.25, -0.2) is 19.6 Å². The lowest BCUT2D eigenvalue weighted by molar-refractivity contribution is 0.0269. The number of nitrogens with zero attached hydrogens (tertiary/aromatic N) is 5. The first-order valence-electron chi connectivity index (χ1n) is 16.7. The quantitative estimate of drug-likeness (QED) is 0.264. The number of hydrogen-bond acceptors (Lipinski definition) is 11. The Morgan fingerprint density at radius 1 is 1.04 bits per heavy atom. The van der Waals surface area contributed by atoms with E-state index in [1.807, 2.05) is 19.9 Å². The van der Waals surface area contributed by atoms with Crippen molar-refractivity contribution >= 4 is 47.0 Å². The Bertz CT molecular complexity index is 1950. The molecule has 0 radical (unpaired) electrons. The van der Waals surface area contributed by atoms with E-state index >= 15 is 0 Å². The summed E-state index contributed by atoms with van der Waals surface area (Å²) >= 11 is 6.59. The van der Waals surface area contributed by atoms with Crippen molar-refractivity contribution in [2.75, 3.05) is 37.0 Å². The number of fused-ring (bicyclic) bond motifs is 1. The summed E-state index contributed by atoms with van der Waals surface area (Å²) < 4.78 is 16.6. The summed E-state index contributed by atoms with van der Waals surface area (Å²) in [6.45, 7) is 15.0. The Kier molecular flexibility index (Phi) is 10.3. The second kappa shape index (κ2) is 14.1. The van der Waals surface area contributed by atoms with E-state index in [-0.39, 0.29) is 35.4 Å². The van der Waals surface area contributed by atoms with E-state index in [4.69, 9.17) is 25.8 Å². The molecular formula is C37H44ClN7O7. The maximum Gasteiger partial charge on any atom is 0.414 e. The lowest BCUT2D eigenvalue weighted by atomic mass is 9.85. The SMILES string of the molecule is COc1cc(C(=O)NC2CN(C(=O)OC(C)(C)C)CC2O)c(Cl)cc1Nc1nccc(-c2cc(C#N)c3c(c2)C(C)(C)CN3C(=O)OC(C)(C)C)n1. The van der Waals surface area contributed by atoms with Gasteiger partial charge in [-0.2, -0.15) is 5.26 Å². The largest absolute Gasteiger partial charge is 0.495 e. The van der Waals surface area contributed by atoms with E-state index in [0.717, 1.165) is 5.56 Å². The van der Waals surface area contributed by atoms with Crippen molar-refractivity contribution in [3.05, 3.63) is 58.2 Å². The Morgan fingerprint density at radius 3 is 2.35 bits per heavy atom. The van der Waals surface area contributed by atoms with Gasteiger partial charge in [0.05, 0.1) is 59.0 Å². The first-order chi connectivity index (χ1) is 24.2. The molecule has 2 aromatic carbocycles. The summed E-state index contributed by atoms with van der Waals surface area (Å²) in [4.78, 5) is 50.9. The number of amides is 3. The number of carbonyl (C=O) groups is 3. The number of carbonyl (C=O) groups excluding carboxylic acids is 3. The highest BCUT2D eigenvalue weighted by atomic mass is 35.5. The number of anilines is 3. The summed E-state index contributed by atoms with van der Waals surface area (Å²) in [5.41, 5.74) is 1.38. The summed E-state index contributed by atoms with van der Waals surface area (Å²) in [5, 5.41) is 26.7. The summed E-state index contributed by atoms with van der Waals surface area (Å²) in [7, 11) is 1.43. The van der Waals surface area contributed by atoms with Crippen LogP contribution in [0.3, 0.4) is 0 Å². The van der Waals surface area contributed by atoms with Crippen LogP contribution < -0.4 is 20.3 Å². The van der Waals surface area contributed by atoms with E-state index in [0.29, 0.717) is 34.7 Å². The van der Waals surface area contributed by atoms with E-state index in [9.17, 15) is 24.8 Å². The van der Waals surface area contributed by atoms with E-state index in [1.54, 1.807) is 59.9 Å². The number of nitriles is 1. The third-order valence-electron chi connectivity index (χ3n) is 8.39. The fourth-order valence-corrected chi connectivity index (χ4v) is 6.30. The van der Waals surface area contributed by atoms with Gasteiger partial charge in [0.1, 0.15) is 23.0 Å². The minimum absolute atomic E-state index is 0.00437. The van der Waals surface area contributed by atoms with Crippen molar-refractivity contribution in [3.63, 3.8) is 0 Å². The fraction of sp³-hybridized carbons (Fsp3) is 0.459. The summed E-state index contributed by atoms with van der Waals surface area (Å²) in [5.74, 6) is -0.116. The van der Waals surface area contributed by atoms with Crippen LogP contribution in [0.1, 0.15) is 76.9 Å². The molecule has 276 valence electrons. The zero-order valence-electron chi connectivity index (χ0n) is 30.8. The van der Waals surface area contributed by atoms with Crippen LogP contribution in [0.4, 0.5) is 26.9 Å². The Labute approximate surface area is 308 Å².